The molecule has 0 bridgehead atoms. The summed E-state index contributed by atoms with van der Waals surface area (Å²) >= 11 is 1.78. The fourth-order valence-electron chi connectivity index (χ4n) is 2.39. The average molecular weight is 408 g/mol. The highest BCUT2D eigenvalue weighted by molar-refractivity contribution is 7.98. The van der Waals surface area contributed by atoms with Gasteiger partial charge >= 0.3 is 5.97 Å². The maximum atomic E-state index is 10.2. The van der Waals surface area contributed by atoms with E-state index in [9.17, 15) is 4.79 Å². The van der Waals surface area contributed by atoms with Crippen molar-refractivity contribution in [3.05, 3.63) is 53.6 Å². The first-order chi connectivity index (χ1) is 13.5. The van der Waals surface area contributed by atoms with Gasteiger partial charge in [-0.15, -0.1) is 0 Å². The van der Waals surface area contributed by atoms with E-state index < -0.39 is 5.97 Å². The van der Waals surface area contributed by atoms with Gasteiger partial charge in [-0.05, 0) is 29.7 Å². The summed E-state index contributed by atoms with van der Waals surface area (Å²) in [6.45, 7) is 0.690. The molecule has 0 saturated carbocycles. The Hall–Kier alpha value is -2.38. The number of nitrogens with two attached hydrogens (primary N) is 1. The number of ether oxygens (including phenoxy) is 3. The van der Waals surface area contributed by atoms with Gasteiger partial charge in [-0.2, -0.15) is 11.8 Å². The van der Waals surface area contributed by atoms with Crippen molar-refractivity contribution in [3.63, 3.8) is 0 Å². The number of carboxylic acid groups (broad SMARTS) is 1. The van der Waals surface area contributed by atoms with Crippen LogP contribution in [0.5, 0.6) is 17.2 Å². The number of hydrogen-bond acceptors (Lipinski definition) is 6. The van der Waals surface area contributed by atoms with E-state index in [4.69, 9.17) is 25.1 Å². The maximum absolute atomic E-state index is 10.2. The van der Waals surface area contributed by atoms with Crippen molar-refractivity contribution in [2.45, 2.75) is 18.6 Å². The summed E-state index contributed by atoms with van der Waals surface area (Å²) in [7, 11) is 4.84. The molecule has 3 N–H and O–H groups in total. The van der Waals surface area contributed by atoms with Crippen molar-refractivity contribution in [2.75, 3.05) is 33.6 Å². The van der Waals surface area contributed by atoms with Crippen LogP contribution in [0.2, 0.25) is 0 Å². The van der Waals surface area contributed by atoms with E-state index in [1.54, 1.807) is 33.1 Å². The van der Waals surface area contributed by atoms with Gasteiger partial charge in [-0.25, -0.2) is 0 Å². The standard InChI is InChI=1S/C12H19NO3S.C9H10O2/c1-14-10-6-9(8-17-5-4-13)7-11(15-2)12(10)16-3;10-9(11)7-6-8-4-2-1-3-5-8/h6-7H,4-5,8,13H2,1-3H3;1-5H,6-7H2,(H,10,11). The van der Waals surface area contributed by atoms with Crippen LogP contribution in [0.25, 0.3) is 0 Å². The van der Waals surface area contributed by atoms with Crippen molar-refractivity contribution < 1.29 is 24.1 Å². The smallest absolute Gasteiger partial charge is 0.303 e. The molecule has 0 unspecified atom stereocenters. The number of rotatable bonds is 10. The number of benzene rings is 2. The lowest BCUT2D eigenvalue weighted by atomic mass is 10.1. The minimum atomic E-state index is -0.742. The summed E-state index contributed by atoms with van der Waals surface area (Å²) in [6.07, 6.45) is 0.834. The van der Waals surface area contributed by atoms with Crippen LogP contribution in [-0.2, 0) is 17.0 Å². The summed E-state index contributed by atoms with van der Waals surface area (Å²) in [5.74, 6) is 3.09. The zero-order valence-corrected chi connectivity index (χ0v) is 17.5. The third-order valence-electron chi connectivity index (χ3n) is 3.73. The summed E-state index contributed by atoms with van der Waals surface area (Å²) in [6, 6.07) is 13.5. The molecule has 2 rings (SSSR count). The molecule has 2 aromatic carbocycles. The van der Waals surface area contributed by atoms with Gasteiger partial charge in [-0.3, -0.25) is 4.79 Å². The van der Waals surface area contributed by atoms with Gasteiger partial charge in [0.05, 0.1) is 21.3 Å². The number of aryl methyl sites for hydroxylation is 1. The maximum Gasteiger partial charge on any atom is 0.303 e. The van der Waals surface area contributed by atoms with Crippen molar-refractivity contribution >= 4 is 17.7 Å². The molecule has 0 aliphatic heterocycles. The molecule has 0 aromatic heterocycles. The van der Waals surface area contributed by atoms with Gasteiger partial charge in [0.25, 0.3) is 0 Å². The first-order valence-electron chi connectivity index (χ1n) is 8.88. The first-order valence-corrected chi connectivity index (χ1v) is 10.0. The van der Waals surface area contributed by atoms with Gasteiger partial charge in [-0.1, -0.05) is 30.3 Å². The lowest BCUT2D eigenvalue weighted by molar-refractivity contribution is -0.136. The molecular formula is C21H29NO5S. The number of methoxy groups -OCH3 is 3. The van der Waals surface area contributed by atoms with E-state index in [2.05, 4.69) is 0 Å². The Bertz CT molecular complexity index is 684. The van der Waals surface area contributed by atoms with Crippen LogP contribution in [0.3, 0.4) is 0 Å². The van der Waals surface area contributed by atoms with E-state index in [0.717, 1.165) is 22.6 Å². The molecule has 0 amide bonds. The Balaban J connectivity index is 0.000000307. The molecule has 0 fully saturated rings. The second kappa shape index (κ2) is 13.7. The third-order valence-corrected chi connectivity index (χ3v) is 4.79. The first kappa shape index (κ1) is 23.7. The lowest BCUT2D eigenvalue weighted by Gasteiger charge is -2.13. The summed E-state index contributed by atoms with van der Waals surface area (Å²) < 4.78 is 15.8. The molecule has 0 radical (unpaired) electrons. The SMILES string of the molecule is COc1cc(CSCCN)cc(OC)c1OC.O=C(O)CCc1ccccc1. The van der Waals surface area contributed by atoms with Crippen LogP contribution in [0.4, 0.5) is 0 Å². The molecular weight excluding hydrogens is 378 g/mol. The summed E-state index contributed by atoms with van der Waals surface area (Å²) in [5.41, 5.74) is 7.68. The summed E-state index contributed by atoms with van der Waals surface area (Å²) in [5, 5.41) is 8.37. The molecule has 0 saturated heterocycles. The van der Waals surface area contributed by atoms with Crippen molar-refractivity contribution in [1.82, 2.24) is 0 Å². The van der Waals surface area contributed by atoms with Gasteiger partial charge in [0.2, 0.25) is 5.75 Å². The zero-order valence-electron chi connectivity index (χ0n) is 16.6. The molecule has 7 heteroatoms. The largest absolute Gasteiger partial charge is 0.493 e. The normalized spacial score (nSPS) is 9.86. The van der Waals surface area contributed by atoms with E-state index in [-0.39, 0.29) is 6.42 Å². The number of carboxylic acids is 1. The monoisotopic (exact) mass is 407 g/mol. The van der Waals surface area contributed by atoms with Crippen molar-refractivity contribution in [3.8, 4) is 17.2 Å². The molecule has 2 aromatic rings. The van der Waals surface area contributed by atoms with E-state index in [1.165, 1.54) is 0 Å². The number of carbonyl (C=O) groups is 1. The van der Waals surface area contributed by atoms with E-state index >= 15 is 0 Å². The minimum absolute atomic E-state index is 0.212. The zero-order chi connectivity index (χ0) is 20.8. The Labute approximate surface area is 171 Å². The second-order valence-electron chi connectivity index (χ2n) is 5.75. The Morgan fingerprint density at radius 2 is 1.61 bits per heavy atom. The molecule has 6 nitrogen and oxygen atoms in total. The lowest BCUT2D eigenvalue weighted by Crippen LogP contribution is -2.01. The van der Waals surface area contributed by atoms with Crippen LogP contribution in [-0.4, -0.2) is 44.7 Å². The Morgan fingerprint density at radius 1 is 1.00 bits per heavy atom. The highest BCUT2D eigenvalue weighted by Crippen LogP contribution is 2.38. The number of thioether (sulfide) groups is 1. The molecule has 0 aliphatic rings. The van der Waals surface area contributed by atoms with Gasteiger partial charge in [0, 0.05) is 24.5 Å². The van der Waals surface area contributed by atoms with Crippen LogP contribution in [0.1, 0.15) is 17.5 Å². The summed E-state index contributed by atoms with van der Waals surface area (Å²) in [4.78, 5) is 10.2. The molecule has 0 aliphatic carbocycles. The highest BCUT2D eigenvalue weighted by atomic mass is 32.2. The molecule has 0 heterocycles. The Morgan fingerprint density at radius 3 is 2.07 bits per heavy atom. The number of aliphatic carboxylic acids is 1. The van der Waals surface area contributed by atoms with Crippen LogP contribution < -0.4 is 19.9 Å². The minimum Gasteiger partial charge on any atom is -0.493 e. The van der Waals surface area contributed by atoms with Gasteiger partial charge < -0.3 is 25.1 Å². The highest BCUT2D eigenvalue weighted by Gasteiger charge is 2.12. The number of hydrogen-bond donors (Lipinski definition) is 2. The predicted molar refractivity (Wildman–Crippen MR) is 114 cm³/mol. The fraction of sp³-hybridized carbons (Fsp3) is 0.381. The van der Waals surface area contributed by atoms with Crippen LogP contribution in [0.15, 0.2) is 42.5 Å². The second-order valence-corrected chi connectivity index (χ2v) is 6.86. The van der Waals surface area contributed by atoms with Crippen LogP contribution in [0, 0.1) is 0 Å². The quantitative estimate of drug-likeness (QED) is 0.581. The fourth-order valence-corrected chi connectivity index (χ4v) is 3.10. The molecule has 28 heavy (non-hydrogen) atoms. The van der Waals surface area contributed by atoms with Crippen molar-refractivity contribution in [1.29, 1.82) is 0 Å². The van der Waals surface area contributed by atoms with Crippen LogP contribution >= 0.6 is 11.8 Å². The van der Waals surface area contributed by atoms with Crippen molar-refractivity contribution in [2.24, 2.45) is 5.73 Å². The predicted octanol–water partition coefficient (Wildman–Crippen LogP) is 3.61. The third kappa shape index (κ3) is 8.54. The Kier molecular flexibility index (Phi) is 11.6. The van der Waals surface area contributed by atoms with Gasteiger partial charge in [0.15, 0.2) is 11.5 Å². The average Bonchev–Trinajstić information content (AvgIpc) is 2.72. The van der Waals surface area contributed by atoms with E-state index in [1.807, 2.05) is 42.5 Å². The molecule has 0 spiro atoms. The topological polar surface area (TPSA) is 91.0 Å². The van der Waals surface area contributed by atoms with Gasteiger partial charge in [0.1, 0.15) is 0 Å². The molecule has 0 atom stereocenters. The molecule has 154 valence electrons. The van der Waals surface area contributed by atoms with E-state index in [0.29, 0.717) is 30.2 Å².